The van der Waals surface area contributed by atoms with Crippen molar-refractivity contribution < 1.29 is 4.79 Å². The van der Waals surface area contributed by atoms with Crippen LogP contribution in [0.1, 0.15) is 31.2 Å². The van der Waals surface area contributed by atoms with Crippen LogP contribution in [-0.2, 0) is 9.67 Å². The number of halogens is 1. The van der Waals surface area contributed by atoms with E-state index in [0.717, 1.165) is 12.2 Å². The molecular weight excluding hydrogens is 290 g/mol. The van der Waals surface area contributed by atoms with Crippen LogP contribution < -0.4 is 0 Å². The van der Waals surface area contributed by atoms with Crippen LogP contribution >= 0.6 is 23.4 Å². The summed E-state index contributed by atoms with van der Waals surface area (Å²) in [5, 5.41) is -0.405. The quantitative estimate of drug-likeness (QED) is 0.584. The molecule has 3 aliphatic rings. The molecule has 20 heavy (non-hydrogen) atoms. The van der Waals surface area contributed by atoms with Crippen molar-refractivity contribution in [3.8, 4) is 0 Å². The molecule has 0 N–H and O–H groups in total. The van der Waals surface area contributed by atoms with Crippen molar-refractivity contribution in [2.24, 2.45) is 5.92 Å². The molecule has 0 radical (unpaired) electrons. The Hall–Kier alpha value is -0.670. The third kappa shape index (κ3) is 1.57. The minimum absolute atomic E-state index is 0.139. The number of carbonyl (C=O) groups excluding carboxylic acids is 1. The molecule has 2 nitrogen and oxygen atoms in total. The highest BCUT2D eigenvalue weighted by Gasteiger charge is 2.66. The third-order valence-electron chi connectivity index (χ3n) is 5.06. The van der Waals surface area contributed by atoms with Crippen LogP contribution in [0.3, 0.4) is 0 Å². The molecule has 2 saturated heterocycles. The molecule has 4 heteroatoms. The lowest BCUT2D eigenvalue weighted by Crippen LogP contribution is -2.74. The summed E-state index contributed by atoms with van der Waals surface area (Å²) in [6.45, 7) is 0. The first kappa shape index (κ1) is 13.0. The van der Waals surface area contributed by atoms with E-state index in [1.165, 1.54) is 24.8 Å². The standard InChI is InChI=1S/C16H18ClNOS/c17-14-15(19)18-13-9-5-4-6-11(13)10-20-16(14,18)12-7-2-1-3-8-12/h1-3,7-8,11,13-14H,4-6,9-10H2/t11-,13-,14-,16+/m1/s1. The molecule has 1 aromatic rings. The fourth-order valence-corrected chi connectivity index (χ4v) is 6.36. The number of fused-ring (bicyclic) bond motifs is 3. The Kier molecular flexibility index (Phi) is 3.04. The van der Waals surface area contributed by atoms with Crippen molar-refractivity contribution in [3.63, 3.8) is 0 Å². The average molecular weight is 308 g/mol. The Labute approximate surface area is 128 Å². The highest BCUT2D eigenvalue weighted by Crippen LogP contribution is 2.59. The number of rotatable bonds is 1. The van der Waals surface area contributed by atoms with Gasteiger partial charge in [0.1, 0.15) is 10.2 Å². The first-order chi connectivity index (χ1) is 9.75. The monoisotopic (exact) mass is 307 g/mol. The second-order valence-corrected chi connectivity index (χ2v) is 7.74. The predicted molar refractivity (Wildman–Crippen MR) is 82.8 cm³/mol. The fourth-order valence-electron chi connectivity index (χ4n) is 4.06. The molecule has 0 unspecified atom stereocenters. The van der Waals surface area contributed by atoms with Gasteiger partial charge in [-0.2, -0.15) is 0 Å². The van der Waals surface area contributed by atoms with E-state index in [1.54, 1.807) is 0 Å². The van der Waals surface area contributed by atoms with E-state index in [2.05, 4.69) is 17.0 Å². The number of hydrogen-bond acceptors (Lipinski definition) is 2. The van der Waals surface area contributed by atoms with E-state index in [-0.39, 0.29) is 10.8 Å². The van der Waals surface area contributed by atoms with Crippen molar-refractivity contribution in [2.45, 2.75) is 42.0 Å². The summed E-state index contributed by atoms with van der Waals surface area (Å²) in [7, 11) is 0. The Balaban J connectivity index is 1.76. The van der Waals surface area contributed by atoms with Crippen LogP contribution in [0.25, 0.3) is 0 Å². The van der Waals surface area contributed by atoms with Crippen LogP contribution in [0.4, 0.5) is 0 Å². The van der Waals surface area contributed by atoms with Gasteiger partial charge in [-0.15, -0.1) is 23.4 Å². The lowest BCUT2D eigenvalue weighted by atomic mass is 9.79. The smallest absolute Gasteiger partial charge is 0.246 e. The fraction of sp³-hybridized carbons (Fsp3) is 0.562. The van der Waals surface area contributed by atoms with Gasteiger partial charge in [0, 0.05) is 11.8 Å². The van der Waals surface area contributed by atoms with Crippen LogP contribution in [0.2, 0.25) is 0 Å². The minimum Gasteiger partial charge on any atom is -0.317 e. The third-order valence-corrected chi connectivity index (χ3v) is 7.40. The molecule has 3 fully saturated rings. The Morgan fingerprint density at radius 2 is 1.95 bits per heavy atom. The van der Waals surface area contributed by atoms with Gasteiger partial charge in [0.2, 0.25) is 5.91 Å². The number of hydrogen-bond donors (Lipinski definition) is 0. The maximum atomic E-state index is 12.4. The van der Waals surface area contributed by atoms with Gasteiger partial charge in [0.05, 0.1) is 0 Å². The van der Waals surface area contributed by atoms with Gasteiger partial charge in [-0.1, -0.05) is 43.2 Å². The van der Waals surface area contributed by atoms with Crippen LogP contribution in [0.15, 0.2) is 30.3 Å². The lowest BCUT2D eigenvalue weighted by molar-refractivity contribution is -0.157. The van der Waals surface area contributed by atoms with Crippen LogP contribution in [0, 0.1) is 5.92 Å². The number of β-lactam (4-membered cyclic amide) rings is 1. The van der Waals surface area contributed by atoms with E-state index in [0.29, 0.717) is 12.0 Å². The zero-order chi connectivity index (χ0) is 13.7. The topological polar surface area (TPSA) is 20.3 Å². The Morgan fingerprint density at radius 1 is 1.20 bits per heavy atom. The SMILES string of the molecule is O=C1[C@@H](Cl)[C@]2(c3ccccc3)SC[C@H]3CCCC[C@H]3N12. The summed E-state index contributed by atoms with van der Waals surface area (Å²) >= 11 is 8.37. The molecule has 2 aliphatic heterocycles. The van der Waals surface area contributed by atoms with E-state index >= 15 is 0 Å². The number of alkyl halides is 1. The van der Waals surface area contributed by atoms with Crippen molar-refractivity contribution >= 4 is 29.3 Å². The first-order valence-corrected chi connectivity index (χ1v) is 8.84. The molecule has 1 aliphatic carbocycles. The van der Waals surface area contributed by atoms with Gasteiger partial charge in [-0.05, 0) is 24.3 Å². The summed E-state index contributed by atoms with van der Waals surface area (Å²) in [4.78, 5) is 14.2. The summed E-state index contributed by atoms with van der Waals surface area (Å²) in [5.41, 5.74) is 1.19. The van der Waals surface area contributed by atoms with Crippen LogP contribution in [0.5, 0.6) is 0 Å². The number of thioether (sulfide) groups is 1. The van der Waals surface area contributed by atoms with Gasteiger partial charge in [-0.25, -0.2) is 0 Å². The summed E-state index contributed by atoms with van der Waals surface area (Å²) < 4.78 is 0. The van der Waals surface area contributed by atoms with Crippen molar-refractivity contribution in [2.75, 3.05) is 5.75 Å². The van der Waals surface area contributed by atoms with Crippen molar-refractivity contribution in [1.29, 1.82) is 0 Å². The second-order valence-electron chi connectivity index (χ2n) is 6.06. The van der Waals surface area contributed by atoms with Crippen LogP contribution in [-0.4, -0.2) is 28.0 Å². The maximum Gasteiger partial charge on any atom is 0.246 e. The number of benzene rings is 1. The molecule has 0 bridgehead atoms. The highest BCUT2D eigenvalue weighted by molar-refractivity contribution is 8.00. The Morgan fingerprint density at radius 3 is 2.75 bits per heavy atom. The first-order valence-electron chi connectivity index (χ1n) is 7.42. The maximum absolute atomic E-state index is 12.4. The molecule has 4 atom stereocenters. The molecular formula is C16H18ClNOS. The average Bonchev–Trinajstić information content (AvgIpc) is 2.53. The van der Waals surface area contributed by atoms with E-state index < -0.39 is 5.38 Å². The van der Waals surface area contributed by atoms with E-state index in [1.807, 2.05) is 30.0 Å². The molecule has 2 heterocycles. The normalized spacial score (nSPS) is 39.8. The van der Waals surface area contributed by atoms with Gasteiger partial charge < -0.3 is 4.90 Å². The highest BCUT2D eigenvalue weighted by atomic mass is 35.5. The zero-order valence-electron chi connectivity index (χ0n) is 11.3. The molecule has 4 rings (SSSR count). The van der Waals surface area contributed by atoms with Crippen molar-refractivity contribution in [3.05, 3.63) is 35.9 Å². The van der Waals surface area contributed by atoms with E-state index in [9.17, 15) is 4.79 Å². The summed E-state index contributed by atoms with van der Waals surface area (Å²) in [6.07, 6.45) is 4.97. The zero-order valence-corrected chi connectivity index (χ0v) is 12.9. The molecule has 0 aromatic heterocycles. The minimum atomic E-state index is -0.405. The number of nitrogens with zero attached hydrogens (tertiary/aromatic N) is 1. The molecule has 1 saturated carbocycles. The second kappa shape index (κ2) is 4.67. The van der Waals surface area contributed by atoms with Gasteiger partial charge in [0.25, 0.3) is 0 Å². The summed E-state index contributed by atoms with van der Waals surface area (Å²) in [5.74, 6) is 1.94. The number of carbonyl (C=O) groups is 1. The summed E-state index contributed by atoms with van der Waals surface area (Å²) in [6, 6.07) is 10.7. The number of amides is 1. The Bertz CT molecular complexity index is 537. The van der Waals surface area contributed by atoms with Gasteiger partial charge in [-0.3, -0.25) is 4.79 Å². The molecule has 0 spiro atoms. The predicted octanol–water partition coefficient (Wildman–Crippen LogP) is 3.59. The van der Waals surface area contributed by atoms with Gasteiger partial charge >= 0.3 is 0 Å². The van der Waals surface area contributed by atoms with Gasteiger partial charge in [0.15, 0.2) is 0 Å². The van der Waals surface area contributed by atoms with Crippen molar-refractivity contribution in [1.82, 2.24) is 4.90 Å². The lowest BCUT2D eigenvalue weighted by Gasteiger charge is -2.63. The van der Waals surface area contributed by atoms with E-state index in [4.69, 9.17) is 11.6 Å². The largest absolute Gasteiger partial charge is 0.317 e. The molecule has 106 valence electrons. The molecule has 1 aromatic carbocycles. The molecule has 1 amide bonds.